The first-order valence-corrected chi connectivity index (χ1v) is 8.19. The molecule has 0 radical (unpaired) electrons. The van der Waals surface area contributed by atoms with Crippen LogP contribution in [-0.2, 0) is 6.42 Å². The molecule has 0 saturated heterocycles. The largest absolute Gasteiger partial charge is 0.338 e. The number of hydrogen-bond donors (Lipinski definition) is 1. The van der Waals surface area contributed by atoms with E-state index in [0.717, 1.165) is 22.2 Å². The quantitative estimate of drug-likeness (QED) is 0.873. The van der Waals surface area contributed by atoms with Gasteiger partial charge in [0.25, 0.3) is 0 Å². The first-order chi connectivity index (χ1) is 9.19. The van der Waals surface area contributed by atoms with Crippen molar-refractivity contribution >= 4 is 27.7 Å². The zero-order chi connectivity index (χ0) is 13.7. The molecule has 0 fully saturated rings. The molecular formula is C13H16BrN3OS. The average Bonchev–Trinajstić information content (AvgIpc) is 2.84. The standard InChI is InChI=1S/C13H16BrN3OS/c1-19-6-5-11(15)13-16-12(17-18-13)8-9-3-2-4-10(14)7-9/h2-4,7,11H,5-6,8,15H2,1H3/t11-/m0/s1. The second kappa shape index (κ2) is 7.07. The molecule has 1 aromatic heterocycles. The van der Waals surface area contributed by atoms with Gasteiger partial charge in [0.2, 0.25) is 5.89 Å². The molecule has 6 heteroatoms. The summed E-state index contributed by atoms with van der Waals surface area (Å²) in [6.45, 7) is 0. The van der Waals surface area contributed by atoms with Crippen LogP contribution in [0, 0.1) is 0 Å². The molecule has 1 atom stereocenters. The molecule has 2 rings (SSSR count). The van der Waals surface area contributed by atoms with E-state index in [0.29, 0.717) is 18.1 Å². The summed E-state index contributed by atoms with van der Waals surface area (Å²) in [4.78, 5) is 4.36. The number of thioether (sulfide) groups is 1. The number of rotatable bonds is 6. The Morgan fingerprint density at radius 1 is 1.47 bits per heavy atom. The molecule has 4 nitrogen and oxygen atoms in total. The summed E-state index contributed by atoms with van der Waals surface area (Å²) in [6.07, 6.45) is 3.55. The highest BCUT2D eigenvalue weighted by Gasteiger charge is 2.14. The first kappa shape index (κ1) is 14.6. The van der Waals surface area contributed by atoms with Gasteiger partial charge in [0, 0.05) is 10.9 Å². The number of nitrogens with zero attached hydrogens (tertiary/aromatic N) is 2. The molecule has 0 aliphatic heterocycles. The molecule has 2 N–H and O–H groups in total. The van der Waals surface area contributed by atoms with E-state index in [4.69, 9.17) is 10.3 Å². The maximum atomic E-state index is 5.99. The fraction of sp³-hybridized carbons (Fsp3) is 0.385. The topological polar surface area (TPSA) is 64.9 Å². The molecular weight excluding hydrogens is 326 g/mol. The summed E-state index contributed by atoms with van der Waals surface area (Å²) in [5, 5.41) is 3.98. The van der Waals surface area contributed by atoms with Gasteiger partial charge in [-0.2, -0.15) is 16.7 Å². The Morgan fingerprint density at radius 3 is 3.05 bits per heavy atom. The van der Waals surface area contributed by atoms with Crippen molar-refractivity contribution < 1.29 is 4.52 Å². The van der Waals surface area contributed by atoms with Gasteiger partial charge >= 0.3 is 0 Å². The van der Waals surface area contributed by atoms with E-state index in [9.17, 15) is 0 Å². The maximum absolute atomic E-state index is 5.99. The van der Waals surface area contributed by atoms with Crippen molar-refractivity contribution in [2.75, 3.05) is 12.0 Å². The second-order valence-corrected chi connectivity index (χ2v) is 6.14. The average molecular weight is 342 g/mol. The Hall–Kier alpha value is -0.850. The molecule has 0 bridgehead atoms. The smallest absolute Gasteiger partial charge is 0.243 e. The Labute approximate surface area is 125 Å². The molecule has 102 valence electrons. The van der Waals surface area contributed by atoms with Gasteiger partial charge in [0.15, 0.2) is 5.82 Å². The lowest BCUT2D eigenvalue weighted by Crippen LogP contribution is -2.11. The molecule has 19 heavy (non-hydrogen) atoms. The summed E-state index contributed by atoms with van der Waals surface area (Å²) in [5.41, 5.74) is 7.13. The van der Waals surface area contributed by atoms with Crippen LogP contribution in [0.2, 0.25) is 0 Å². The van der Waals surface area contributed by atoms with E-state index in [1.54, 1.807) is 11.8 Å². The highest BCUT2D eigenvalue weighted by Crippen LogP contribution is 2.17. The van der Waals surface area contributed by atoms with Gasteiger partial charge in [-0.25, -0.2) is 0 Å². The SMILES string of the molecule is CSCC[C@H](N)c1nc(Cc2cccc(Br)c2)no1. The lowest BCUT2D eigenvalue weighted by atomic mass is 10.1. The summed E-state index contributed by atoms with van der Waals surface area (Å²) in [7, 11) is 0. The van der Waals surface area contributed by atoms with Crippen molar-refractivity contribution in [1.82, 2.24) is 10.1 Å². The zero-order valence-electron chi connectivity index (χ0n) is 10.7. The number of benzene rings is 1. The van der Waals surface area contributed by atoms with E-state index >= 15 is 0 Å². The normalized spacial score (nSPS) is 12.6. The van der Waals surface area contributed by atoms with Crippen molar-refractivity contribution in [3.8, 4) is 0 Å². The third kappa shape index (κ3) is 4.33. The van der Waals surface area contributed by atoms with Crippen LogP contribution in [0.1, 0.15) is 29.7 Å². The van der Waals surface area contributed by atoms with Crippen molar-refractivity contribution in [2.24, 2.45) is 5.73 Å². The summed E-state index contributed by atoms with van der Waals surface area (Å²) >= 11 is 5.21. The molecule has 0 unspecified atom stereocenters. The van der Waals surface area contributed by atoms with E-state index in [2.05, 4.69) is 32.3 Å². The molecule has 1 heterocycles. The van der Waals surface area contributed by atoms with E-state index in [-0.39, 0.29) is 6.04 Å². The molecule has 1 aromatic carbocycles. The third-order valence-electron chi connectivity index (χ3n) is 2.69. The van der Waals surface area contributed by atoms with Crippen LogP contribution >= 0.6 is 27.7 Å². The van der Waals surface area contributed by atoms with E-state index < -0.39 is 0 Å². The molecule has 2 aromatic rings. The van der Waals surface area contributed by atoms with Crippen LogP contribution in [0.4, 0.5) is 0 Å². The number of halogens is 1. The van der Waals surface area contributed by atoms with Crippen molar-refractivity contribution in [1.29, 1.82) is 0 Å². The van der Waals surface area contributed by atoms with Gasteiger partial charge in [-0.05, 0) is 36.1 Å². The fourth-order valence-corrected chi connectivity index (χ4v) is 2.62. The van der Waals surface area contributed by atoms with Crippen LogP contribution < -0.4 is 5.73 Å². The summed E-state index contributed by atoms with van der Waals surface area (Å²) in [5.74, 6) is 2.19. The van der Waals surface area contributed by atoms with Gasteiger partial charge < -0.3 is 10.3 Å². The number of aromatic nitrogens is 2. The second-order valence-electron chi connectivity index (χ2n) is 4.24. The van der Waals surface area contributed by atoms with Crippen LogP contribution in [0.5, 0.6) is 0 Å². The predicted molar refractivity (Wildman–Crippen MR) is 81.2 cm³/mol. The molecule has 0 saturated carbocycles. The Balaban J connectivity index is 2.01. The monoisotopic (exact) mass is 341 g/mol. The molecule has 0 aliphatic carbocycles. The molecule has 0 spiro atoms. The zero-order valence-corrected chi connectivity index (χ0v) is 13.1. The molecule has 0 aliphatic rings. The minimum Gasteiger partial charge on any atom is -0.338 e. The summed E-state index contributed by atoms with van der Waals surface area (Å²) < 4.78 is 6.27. The van der Waals surface area contributed by atoms with E-state index in [1.807, 2.05) is 24.3 Å². The third-order valence-corrected chi connectivity index (χ3v) is 3.82. The van der Waals surface area contributed by atoms with Crippen molar-refractivity contribution in [3.05, 3.63) is 46.0 Å². The minimum absolute atomic E-state index is 0.170. The van der Waals surface area contributed by atoms with Gasteiger partial charge in [-0.15, -0.1) is 0 Å². The summed E-state index contributed by atoms with van der Waals surface area (Å²) in [6, 6.07) is 7.89. The van der Waals surface area contributed by atoms with Crippen molar-refractivity contribution in [2.45, 2.75) is 18.9 Å². The van der Waals surface area contributed by atoms with E-state index in [1.165, 1.54) is 0 Å². The Morgan fingerprint density at radius 2 is 2.32 bits per heavy atom. The van der Waals surface area contributed by atoms with Gasteiger partial charge in [0.05, 0.1) is 6.04 Å². The Bertz CT molecular complexity index is 532. The number of hydrogen-bond acceptors (Lipinski definition) is 5. The van der Waals surface area contributed by atoms with Crippen LogP contribution in [0.25, 0.3) is 0 Å². The predicted octanol–water partition coefficient (Wildman–Crippen LogP) is 3.18. The van der Waals surface area contributed by atoms with Crippen LogP contribution in [-0.4, -0.2) is 22.1 Å². The van der Waals surface area contributed by atoms with Gasteiger partial charge in [0.1, 0.15) is 0 Å². The molecule has 0 amide bonds. The fourth-order valence-electron chi connectivity index (χ4n) is 1.69. The highest BCUT2D eigenvalue weighted by molar-refractivity contribution is 9.10. The number of nitrogens with two attached hydrogens (primary N) is 1. The van der Waals surface area contributed by atoms with Crippen LogP contribution in [0.3, 0.4) is 0 Å². The lowest BCUT2D eigenvalue weighted by molar-refractivity contribution is 0.349. The van der Waals surface area contributed by atoms with Gasteiger partial charge in [-0.1, -0.05) is 33.2 Å². The maximum Gasteiger partial charge on any atom is 0.243 e. The first-order valence-electron chi connectivity index (χ1n) is 6.00. The highest BCUT2D eigenvalue weighted by atomic mass is 79.9. The van der Waals surface area contributed by atoms with Crippen LogP contribution in [0.15, 0.2) is 33.3 Å². The van der Waals surface area contributed by atoms with Gasteiger partial charge in [-0.3, -0.25) is 0 Å². The Kier molecular flexibility index (Phi) is 5.42. The lowest BCUT2D eigenvalue weighted by Gasteiger charge is -2.03. The minimum atomic E-state index is -0.170. The van der Waals surface area contributed by atoms with Crippen molar-refractivity contribution in [3.63, 3.8) is 0 Å².